The SMILES string of the molecule is CC(OCCOCc1ccccc1)C(C)(Oc1ccc(O)cc1)C(=O)O. The second-order valence-corrected chi connectivity index (χ2v) is 6.06. The van der Waals surface area contributed by atoms with Crippen molar-refractivity contribution in [3.8, 4) is 11.5 Å². The number of carboxylic acids is 1. The molecule has 6 heteroatoms. The van der Waals surface area contributed by atoms with E-state index >= 15 is 0 Å². The van der Waals surface area contributed by atoms with Gasteiger partial charge in [0, 0.05) is 0 Å². The number of hydrogen-bond acceptors (Lipinski definition) is 5. The molecule has 0 aliphatic rings. The molecule has 2 aromatic carbocycles. The van der Waals surface area contributed by atoms with Crippen molar-refractivity contribution in [1.82, 2.24) is 0 Å². The summed E-state index contributed by atoms with van der Waals surface area (Å²) in [4.78, 5) is 11.7. The van der Waals surface area contributed by atoms with Crippen molar-refractivity contribution in [1.29, 1.82) is 0 Å². The second kappa shape index (κ2) is 9.22. The zero-order chi connectivity index (χ0) is 19.0. The molecule has 2 rings (SSSR count). The Kier molecular flexibility index (Phi) is 7.00. The van der Waals surface area contributed by atoms with Gasteiger partial charge >= 0.3 is 5.97 Å². The zero-order valence-electron chi connectivity index (χ0n) is 14.9. The molecule has 0 radical (unpaired) electrons. The molecule has 140 valence electrons. The van der Waals surface area contributed by atoms with Crippen molar-refractivity contribution in [2.24, 2.45) is 0 Å². The standard InChI is InChI=1S/C20H24O6/c1-15(25-13-12-24-14-16-6-4-3-5-7-16)20(2,19(22)23)26-18-10-8-17(21)9-11-18/h3-11,15,21H,12-14H2,1-2H3,(H,22,23). The van der Waals surface area contributed by atoms with E-state index in [0.717, 1.165) is 5.56 Å². The normalized spacial score (nSPS) is 14.4. The Labute approximate surface area is 152 Å². The zero-order valence-corrected chi connectivity index (χ0v) is 14.9. The Morgan fingerprint density at radius 1 is 1.08 bits per heavy atom. The fourth-order valence-corrected chi connectivity index (χ4v) is 2.27. The van der Waals surface area contributed by atoms with Crippen LogP contribution >= 0.6 is 0 Å². The van der Waals surface area contributed by atoms with Crippen LogP contribution in [0.15, 0.2) is 54.6 Å². The Morgan fingerprint density at radius 3 is 2.35 bits per heavy atom. The van der Waals surface area contributed by atoms with Crippen molar-refractivity contribution in [2.75, 3.05) is 13.2 Å². The van der Waals surface area contributed by atoms with E-state index in [2.05, 4.69) is 0 Å². The molecular formula is C20H24O6. The van der Waals surface area contributed by atoms with Gasteiger partial charge in [-0.15, -0.1) is 0 Å². The number of phenolic OH excluding ortho intramolecular Hbond substituents is 1. The van der Waals surface area contributed by atoms with Crippen LogP contribution in [0.25, 0.3) is 0 Å². The van der Waals surface area contributed by atoms with E-state index in [-0.39, 0.29) is 12.4 Å². The van der Waals surface area contributed by atoms with Gasteiger partial charge in [0.05, 0.1) is 19.8 Å². The smallest absolute Gasteiger partial charge is 0.350 e. The van der Waals surface area contributed by atoms with Crippen LogP contribution in [0.1, 0.15) is 19.4 Å². The van der Waals surface area contributed by atoms with Gasteiger partial charge in [-0.05, 0) is 43.7 Å². The highest BCUT2D eigenvalue weighted by Crippen LogP contribution is 2.25. The molecule has 0 heterocycles. The van der Waals surface area contributed by atoms with Gasteiger partial charge in [0.2, 0.25) is 5.60 Å². The third-order valence-electron chi connectivity index (χ3n) is 4.07. The van der Waals surface area contributed by atoms with Gasteiger partial charge in [0.15, 0.2) is 0 Å². The number of benzene rings is 2. The number of aliphatic carboxylic acids is 1. The lowest BCUT2D eigenvalue weighted by Crippen LogP contribution is -2.52. The number of carboxylic acid groups (broad SMARTS) is 1. The van der Waals surface area contributed by atoms with Crippen LogP contribution in [0.4, 0.5) is 0 Å². The molecule has 0 aliphatic carbocycles. The average Bonchev–Trinajstić information content (AvgIpc) is 2.63. The van der Waals surface area contributed by atoms with E-state index in [0.29, 0.717) is 19.0 Å². The summed E-state index contributed by atoms with van der Waals surface area (Å²) in [5, 5.41) is 18.9. The van der Waals surface area contributed by atoms with Gasteiger partial charge < -0.3 is 24.4 Å². The van der Waals surface area contributed by atoms with Crippen LogP contribution in [0.3, 0.4) is 0 Å². The quantitative estimate of drug-likeness (QED) is 0.633. The van der Waals surface area contributed by atoms with Gasteiger partial charge in [-0.2, -0.15) is 0 Å². The number of hydrogen-bond donors (Lipinski definition) is 2. The van der Waals surface area contributed by atoms with Crippen LogP contribution in [0.5, 0.6) is 11.5 Å². The van der Waals surface area contributed by atoms with E-state index in [4.69, 9.17) is 14.2 Å². The largest absolute Gasteiger partial charge is 0.508 e. The molecule has 2 unspecified atom stereocenters. The minimum absolute atomic E-state index is 0.0780. The van der Waals surface area contributed by atoms with E-state index in [9.17, 15) is 15.0 Å². The Hall–Kier alpha value is -2.57. The predicted molar refractivity (Wildman–Crippen MR) is 96.3 cm³/mol. The maximum Gasteiger partial charge on any atom is 0.350 e. The monoisotopic (exact) mass is 360 g/mol. The minimum atomic E-state index is -1.57. The molecular weight excluding hydrogens is 336 g/mol. The molecule has 2 N–H and O–H groups in total. The first-order valence-corrected chi connectivity index (χ1v) is 8.36. The van der Waals surface area contributed by atoms with Crippen LogP contribution in [-0.2, 0) is 20.9 Å². The summed E-state index contributed by atoms with van der Waals surface area (Å²) in [5.41, 5.74) is -0.511. The first-order chi connectivity index (χ1) is 12.4. The fourth-order valence-electron chi connectivity index (χ4n) is 2.27. The van der Waals surface area contributed by atoms with Crippen LogP contribution < -0.4 is 4.74 Å². The Balaban J connectivity index is 1.84. The molecule has 26 heavy (non-hydrogen) atoms. The first-order valence-electron chi connectivity index (χ1n) is 8.36. The lowest BCUT2D eigenvalue weighted by atomic mass is 10.00. The summed E-state index contributed by atoms with van der Waals surface area (Å²) in [6.07, 6.45) is -0.714. The molecule has 0 spiro atoms. The molecule has 2 atom stereocenters. The summed E-state index contributed by atoms with van der Waals surface area (Å²) in [5.74, 6) is -0.721. The number of carbonyl (C=O) groups is 1. The number of phenols is 1. The maximum atomic E-state index is 11.7. The second-order valence-electron chi connectivity index (χ2n) is 6.06. The summed E-state index contributed by atoms with van der Waals surface area (Å²) >= 11 is 0. The highest BCUT2D eigenvalue weighted by molar-refractivity contribution is 5.78. The van der Waals surface area contributed by atoms with Crippen molar-refractivity contribution in [2.45, 2.75) is 32.2 Å². The fraction of sp³-hybridized carbons (Fsp3) is 0.350. The first kappa shape index (κ1) is 19.8. The molecule has 0 aliphatic heterocycles. The van der Waals surface area contributed by atoms with Crippen molar-refractivity contribution in [3.05, 3.63) is 60.2 Å². The van der Waals surface area contributed by atoms with E-state index in [1.807, 2.05) is 30.3 Å². The van der Waals surface area contributed by atoms with E-state index in [1.54, 1.807) is 6.92 Å². The van der Waals surface area contributed by atoms with Crippen molar-refractivity contribution in [3.63, 3.8) is 0 Å². The van der Waals surface area contributed by atoms with E-state index < -0.39 is 17.7 Å². The van der Waals surface area contributed by atoms with E-state index in [1.165, 1.54) is 31.2 Å². The molecule has 0 saturated carbocycles. The van der Waals surface area contributed by atoms with Crippen LogP contribution in [-0.4, -0.2) is 41.1 Å². The van der Waals surface area contributed by atoms with Gasteiger partial charge in [-0.25, -0.2) is 4.79 Å². The molecule has 2 aromatic rings. The van der Waals surface area contributed by atoms with Gasteiger partial charge in [-0.3, -0.25) is 0 Å². The molecule has 0 bridgehead atoms. The highest BCUT2D eigenvalue weighted by atomic mass is 16.6. The van der Waals surface area contributed by atoms with Gasteiger partial charge in [0.1, 0.15) is 17.6 Å². The average molecular weight is 360 g/mol. The maximum absolute atomic E-state index is 11.7. The topological polar surface area (TPSA) is 85.2 Å². The Morgan fingerprint density at radius 2 is 1.73 bits per heavy atom. The van der Waals surface area contributed by atoms with Crippen LogP contribution in [0.2, 0.25) is 0 Å². The number of rotatable bonds is 10. The molecule has 0 amide bonds. The minimum Gasteiger partial charge on any atom is -0.508 e. The molecule has 0 aromatic heterocycles. The predicted octanol–water partition coefficient (Wildman–Crippen LogP) is 3.24. The van der Waals surface area contributed by atoms with Crippen molar-refractivity contribution >= 4 is 5.97 Å². The lowest BCUT2D eigenvalue weighted by Gasteiger charge is -2.32. The highest BCUT2D eigenvalue weighted by Gasteiger charge is 2.42. The van der Waals surface area contributed by atoms with Gasteiger partial charge in [-0.1, -0.05) is 30.3 Å². The number of ether oxygens (including phenoxy) is 3. The van der Waals surface area contributed by atoms with Crippen molar-refractivity contribution < 1.29 is 29.2 Å². The molecule has 0 fully saturated rings. The summed E-state index contributed by atoms with van der Waals surface area (Å²) in [6, 6.07) is 15.6. The summed E-state index contributed by atoms with van der Waals surface area (Å²) in [6.45, 7) is 4.16. The van der Waals surface area contributed by atoms with Gasteiger partial charge in [0.25, 0.3) is 0 Å². The molecule has 6 nitrogen and oxygen atoms in total. The van der Waals surface area contributed by atoms with Crippen LogP contribution in [0, 0.1) is 0 Å². The third-order valence-corrected chi connectivity index (χ3v) is 4.07. The molecule has 0 saturated heterocycles. The number of aromatic hydroxyl groups is 1. The lowest BCUT2D eigenvalue weighted by molar-refractivity contribution is -0.168. The Bertz CT molecular complexity index is 685. The third kappa shape index (κ3) is 5.47. The summed E-state index contributed by atoms with van der Waals surface area (Å²) in [7, 11) is 0. The summed E-state index contributed by atoms with van der Waals surface area (Å²) < 4.78 is 16.8.